The lowest BCUT2D eigenvalue weighted by Gasteiger charge is -2.25. The summed E-state index contributed by atoms with van der Waals surface area (Å²) in [5.74, 6) is 0. The van der Waals surface area contributed by atoms with Gasteiger partial charge in [-0.15, -0.1) is 0 Å². The topological polar surface area (TPSA) is 38.8 Å². The first kappa shape index (κ1) is 18.7. The van der Waals surface area contributed by atoms with Crippen molar-refractivity contribution in [2.24, 2.45) is 0 Å². The highest BCUT2D eigenvalue weighted by Crippen LogP contribution is 1.99. The molecular weight excluding hydrogens is 218 g/mol. The molecule has 0 saturated carbocycles. The van der Waals surface area contributed by atoms with E-state index < -0.39 is 0 Å². The Morgan fingerprint density at radius 3 is 1.41 bits per heavy atom. The molecule has 0 aromatic carbocycles. The molecule has 4 nitrogen and oxygen atoms in total. The molecule has 0 aliphatic rings. The number of carbonyl (C=O) groups excluding carboxylic acids is 1. The van der Waals surface area contributed by atoms with Crippen LogP contribution < -0.4 is 0 Å². The fraction of sp³-hybridized carbons (Fsp3) is 0.923. The molecule has 0 N–H and O–H groups in total. The van der Waals surface area contributed by atoms with E-state index in [0.717, 1.165) is 19.6 Å². The van der Waals surface area contributed by atoms with Crippen LogP contribution >= 0.6 is 0 Å². The molecule has 1 amide bonds. The molecule has 0 radical (unpaired) electrons. The van der Waals surface area contributed by atoms with E-state index in [-0.39, 0.29) is 6.29 Å². The highest BCUT2D eigenvalue weighted by Gasteiger charge is 2.08. The maximum Gasteiger partial charge on any atom is 0.210 e. The van der Waals surface area contributed by atoms with Crippen LogP contribution in [0.25, 0.3) is 0 Å². The minimum Gasteiger partial charge on any atom is -0.353 e. The van der Waals surface area contributed by atoms with Gasteiger partial charge in [0.1, 0.15) is 0 Å². The summed E-state index contributed by atoms with van der Waals surface area (Å²) in [7, 11) is 0. The average molecular weight is 247 g/mol. The normalized spacial score (nSPS) is 10.5. The van der Waals surface area contributed by atoms with E-state index in [1.807, 2.05) is 48.5 Å². The fourth-order valence-corrected chi connectivity index (χ4v) is 1.36. The second-order valence-corrected chi connectivity index (χ2v) is 4.22. The highest BCUT2D eigenvalue weighted by molar-refractivity contribution is 5.47. The third-order valence-electron chi connectivity index (χ3n) is 2.12. The summed E-state index contributed by atoms with van der Waals surface area (Å²) in [5, 5.41) is 0. The average Bonchev–Trinajstić information content (AvgIpc) is 2.18. The van der Waals surface area contributed by atoms with Crippen LogP contribution in [0.4, 0.5) is 0 Å². The monoisotopic (exact) mass is 247 g/mol. The lowest BCUT2D eigenvalue weighted by atomic mass is 10.2. The second kappa shape index (κ2) is 11.9. The summed E-state index contributed by atoms with van der Waals surface area (Å²) in [6.45, 7) is 15.3. The summed E-state index contributed by atoms with van der Waals surface area (Å²) in [5.41, 5.74) is 0. The quantitative estimate of drug-likeness (QED) is 0.513. The second-order valence-electron chi connectivity index (χ2n) is 4.22. The van der Waals surface area contributed by atoms with Crippen LogP contribution in [0.15, 0.2) is 0 Å². The molecule has 0 aromatic rings. The molecule has 0 unspecified atom stereocenters. The Bertz CT molecular complexity index is 158. The Kier molecular flexibility index (Phi) is 13.1. The number of nitrogens with zero attached hydrogens (tertiary/aromatic N) is 1. The van der Waals surface area contributed by atoms with Crippen molar-refractivity contribution in [2.75, 3.05) is 13.2 Å². The lowest BCUT2D eigenvalue weighted by Crippen LogP contribution is -2.35. The van der Waals surface area contributed by atoms with Crippen molar-refractivity contribution in [3.8, 4) is 0 Å². The van der Waals surface area contributed by atoms with E-state index in [2.05, 4.69) is 0 Å². The van der Waals surface area contributed by atoms with Crippen molar-refractivity contribution in [3.63, 3.8) is 0 Å². The van der Waals surface area contributed by atoms with Gasteiger partial charge in [-0.2, -0.15) is 0 Å². The summed E-state index contributed by atoms with van der Waals surface area (Å²) in [4.78, 5) is 12.1. The lowest BCUT2D eigenvalue weighted by molar-refractivity contribution is -0.123. The van der Waals surface area contributed by atoms with E-state index in [9.17, 15) is 4.79 Å². The van der Waals surface area contributed by atoms with Crippen molar-refractivity contribution in [1.82, 2.24) is 4.90 Å². The predicted octanol–water partition coefficient (Wildman–Crippen LogP) is 2.67. The van der Waals surface area contributed by atoms with Crippen LogP contribution in [0.5, 0.6) is 0 Å². The van der Waals surface area contributed by atoms with Crippen LogP contribution in [0.1, 0.15) is 48.5 Å². The van der Waals surface area contributed by atoms with Gasteiger partial charge in [-0.3, -0.25) is 4.79 Å². The van der Waals surface area contributed by atoms with Gasteiger partial charge < -0.3 is 14.4 Å². The molecule has 0 saturated heterocycles. The zero-order valence-corrected chi connectivity index (χ0v) is 12.4. The molecule has 0 aliphatic heterocycles. The largest absolute Gasteiger partial charge is 0.353 e. The van der Waals surface area contributed by atoms with Crippen molar-refractivity contribution in [3.05, 3.63) is 0 Å². The van der Waals surface area contributed by atoms with Crippen LogP contribution in [-0.2, 0) is 14.3 Å². The maximum atomic E-state index is 10.3. The van der Waals surface area contributed by atoms with Crippen molar-refractivity contribution < 1.29 is 14.3 Å². The van der Waals surface area contributed by atoms with Crippen molar-refractivity contribution >= 4 is 6.41 Å². The molecule has 0 atom stereocenters. The SMILES string of the molecule is CC(C)N(C=O)C(C)C.CCOC(C)OCC. The minimum atomic E-state index is -0.0370. The smallest absolute Gasteiger partial charge is 0.210 e. The van der Waals surface area contributed by atoms with Crippen LogP contribution in [0.2, 0.25) is 0 Å². The molecule has 0 aromatic heterocycles. The van der Waals surface area contributed by atoms with Gasteiger partial charge in [0, 0.05) is 25.3 Å². The molecule has 0 fully saturated rings. The first-order valence-corrected chi connectivity index (χ1v) is 6.36. The summed E-state index contributed by atoms with van der Waals surface area (Å²) in [6, 6.07) is 0.644. The fourth-order valence-electron chi connectivity index (χ4n) is 1.36. The zero-order valence-electron chi connectivity index (χ0n) is 12.4. The molecule has 0 rings (SSSR count). The van der Waals surface area contributed by atoms with Crippen molar-refractivity contribution in [1.29, 1.82) is 0 Å². The van der Waals surface area contributed by atoms with E-state index in [1.165, 1.54) is 0 Å². The third-order valence-corrected chi connectivity index (χ3v) is 2.12. The van der Waals surface area contributed by atoms with Gasteiger partial charge in [0.2, 0.25) is 6.41 Å². The van der Waals surface area contributed by atoms with E-state index in [1.54, 1.807) is 4.90 Å². The first-order chi connectivity index (χ1) is 7.90. The molecule has 17 heavy (non-hydrogen) atoms. The zero-order chi connectivity index (χ0) is 13.8. The molecule has 0 heterocycles. The number of hydrogen-bond donors (Lipinski definition) is 0. The Morgan fingerprint density at radius 1 is 0.941 bits per heavy atom. The van der Waals surface area contributed by atoms with E-state index in [4.69, 9.17) is 9.47 Å². The van der Waals surface area contributed by atoms with Gasteiger partial charge in [0.25, 0.3) is 0 Å². The van der Waals surface area contributed by atoms with Gasteiger partial charge in [-0.25, -0.2) is 0 Å². The predicted molar refractivity (Wildman–Crippen MR) is 70.9 cm³/mol. The van der Waals surface area contributed by atoms with Crippen molar-refractivity contribution in [2.45, 2.75) is 66.8 Å². The minimum absolute atomic E-state index is 0.0370. The molecule has 4 heteroatoms. The third kappa shape index (κ3) is 11.6. The molecule has 0 bridgehead atoms. The Morgan fingerprint density at radius 2 is 1.29 bits per heavy atom. The molecule has 0 aliphatic carbocycles. The summed E-state index contributed by atoms with van der Waals surface area (Å²) >= 11 is 0. The van der Waals surface area contributed by atoms with Gasteiger partial charge in [-0.05, 0) is 48.5 Å². The summed E-state index contributed by atoms with van der Waals surface area (Å²) < 4.78 is 10.1. The van der Waals surface area contributed by atoms with E-state index in [0.29, 0.717) is 12.1 Å². The highest BCUT2D eigenvalue weighted by atomic mass is 16.7. The summed E-state index contributed by atoms with van der Waals surface area (Å²) in [6.07, 6.45) is 0.861. The van der Waals surface area contributed by atoms with Crippen LogP contribution in [0.3, 0.4) is 0 Å². The van der Waals surface area contributed by atoms with Gasteiger partial charge in [0.15, 0.2) is 6.29 Å². The Labute approximate surface area is 106 Å². The van der Waals surface area contributed by atoms with E-state index >= 15 is 0 Å². The standard InChI is InChI=1S/C7H15NO.C6H14O2/c1-6(2)8(5-9)7(3)4;1-4-7-6(3)8-5-2/h5-7H,1-4H3;6H,4-5H2,1-3H3. The number of ether oxygens (including phenoxy) is 2. The molecular formula is C13H29NO3. The first-order valence-electron chi connectivity index (χ1n) is 6.36. The number of amides is 1. The van der Waals surface area contributed by atoms with Gasteiger partial charge in [-0.1, -0.05) is 0 Å². The van der Waals surface area contributed by atoms with Gasteiger partial charge >= 0.3 is 0 Å². The maximum absolute atomic E-state index is 10.3. The number of rotatable bonds is 7. The number of carbonyl (C=O) groups is 1. The number of hydrogen-bond acceptors (Lipinski definition) is 3. The van der Waals surface area contributed by atoms with Gasteiger partial charge in [0.05, 0.1) is 0 Å². The van der Waals surface area contributed by atoms with Crippen LogP contribution in [-0.4, -0.2) is 42.9 Å². The Hall–Kier alpha value is -0.610. The molecule has 0 spiro atoms. The Balaban J connectivity index is 0. The van der Waals surface area contributed by atoms with Crippen LogP contribution in [0, 0.1) is 0 Å². The molecule has 104 valence electrons.